The van der Waals surface area contributed by atoms with E-state index in [1.165, 1.54) is 16.5 Å². The van der Waals surface area contributed by atoms with E-state index < -0.39 is 0 Å². The highest BCUT2D eigenvalue weighted by molar-refractivity contribution is 6.14. The summed E-state index contributed by atoms with van der Waals surface area (Å²) in [7, 11) is 0. The van der Waals surface area contributed by atoms with Gasteiger partial charge in [0.05, 0.1) is 22.5 Å². The molecule has 0 spiro atoms. The number of furan rings is 1. The number of aromatic nitrogens is 2. The van der Waals surface area contributed by atoms with Gasteiger partial charge in [0.2, 0.25) is 0 Å². The fourth-order valence-corrected chi connectivity index (χ4v) is 7.49. The average molecular weight is 692 g/mol. The van der Waals surface area contributed by atoms with E-state index in [-0.39, 0.29) is 0 Å². The quantitative estimate of drug-likeness (QED) is 0.167. The third-order valence-corrected chi connectivity index (χ3v) is 10.1. The minimum atomic E-state index is 0.680. The number of rotatable bonds is 7. The Bertz CT molecular complexity index is 2910. The van der Waals surface area contributed by atoms with E-state index in [0.717, 1.165) is 72.5 Å². The van der Waals surface area contributed by atoms with E-state index in [1.54, 1.807) is 0 Å². The maximum atomic E-state index is 6.67. The Balaban J connectivity index is 1.12. The molecular weight excluding hydrogens is 659 g/mol. The summed E-state index contributed by atoms with van der Waals surface area (Å²) in [4.78, 5) is 12.6. The maximum absolute atomic E-state index is 6.67. The van der Waals surface area contributed by atoms with Crippen molar-refractivity contribution < 1.29 is 4.42 Å². The Morgan fingerprint density at radius 2 is 1.00 bits per heavy atom. The van der Waals surface area contributed by atoms with Gasteiger partial charge in [-0.25, -0.2) is 9.97 Å². The van der Waals surface area contributed by atoms with Gasteiger partial charge in [0.1, 0.15) is 11.2 Å². The summed E-state index contributed by atoms with van der Waals surface area (Å²) in [6.45, 7) is 0. The van der Waals surface area contributed by atoms with E-state index >= 15 is 0 Å². The first-order chi connectivity index (χ1) is 26.8. The summed E-state index contributed by atoms with van der Waals surface area (Å²) < 4.78 is 6.67. The zero-order chi connectivity index (χ0) is 35.8. The van der Waals surface area contributed by atoms with Crippen molar-refractivity contribution in [1.82, 2.24) is 9.97 Å². The van der Waals surface area contributed by atoms with Crippen molar-refractivity contribution in [2.24, 2.45) is 0 Å². The molecule has 2 heterocycles. The van der Waals surface area contributed by atoms with Crippen LogP contribution in [0.3, 0.4) is 0 Å². The smallest absolute Gasteiger partial charge is 0.160 e. The van der Waals surface area contributed by atoms with E-state index in [0.29, 0.717) is 5.82 Å². The highest BCUT2D eigenvalue weighted by atomic mass is 16.3. The molecule has 10 aromatic rings. The second-order valence-electron chi connectivity index (χ2n) is 13.4. The largest absolute Gasteiger partial charge is 0.456 e. The van der Waals surface area contributed by atoms with Crippen LogP contribution in [0.4, 0.5) is 17.1 Å². The number of nitrogens with zero attached hydrogens (tertiary/aromatic N) is 3. The Kier molecular flexibility index (Phi) is 7.77. The first-order valence-corrected chi connectivity index (χ1v) is 18.2. The van der Waals surface area contributed by atoms with Crippen LogP contribution in [0.25, 0.3) is 77.7 Å². The Morgan fingerprint density at radius 3 is 1.80 bits per heavy atom. The molecule has 8 aromatic carbocycles. The molecule has 10 rings (SSSR count). The zero-order valence-corrected chi connectivity index (χ0v) is 29.3. The van der Waals surface area contributed by atoms with Crippen molar-refractivity contribution in [2.45, 2.75) is 0 Å². The van der Waals surface area contributed by atoms with Crippen molar-refractivity contribution >= 4 is 49.8 Å². The van der Waals surface area contributed by atoms with Gasteiger partial charge < -0.3 is 9.32 Å². The monoisotopic (exact) mass is 691 g/mol. The minimum Gasteiger partial charge on any atom is -0.456 e. The van der Waals surface area contributed by atoms with Crippen LogP contribution >= 0.6 is 0 Å². The number of hydrogen-bond donors (Lipinski definition) is 0. The standard InChI is InChI=1S/C50H33N3O/c1-4-14-34(15-5-1)35-26-29-40(30-27-35)53(39-20-8-3-9-21-39)46-24-13-25-47-49(46)43-31-28-38(32-48(43)54-47)44-33-45(52-50(51-44)37-17-6-2-7-18-37)42-23-12-19-36-16-10-11-22-41(36)42/h1-33H. The second kappa shape index (κ2) is 13.4. The number of hydrogen-bond acceptors (Lipinski definition) is 4. The summed E-state index contributed by atoms with van der Waals surface area (Å²) in [5.41, 5.74) is 11.9. The maximum Gasteiger partial charge on any atom is 0.160 e. The van der Waals surface area contributed by atoms with Crippen LogP contribution in [0.5, 0.6) is 0 Å². The molecule has 4 nitrogen and oxygen atoms in total. The lowest BCUT2D eigenvalue weighted by Gasteiger charge is -2.26. The van der Waals surface area contributed by atoms with Gasteiger partial charge in [-0.2, -0.15) is 0 Å². The third-order valence-electron chi connectivity index (χ3n) is 10.1. The van der Waals surface area contributed by atoms with Crippen molar-refractivity contribution in [3.05, 3.63) is 200 Å². The normalized spacial score (nSPS) is 11.3. The predicted molar refractivity (Wildman–Crippen MR) is 223 cm³/mol. The lowest BCUT2D eigenvalue weighted by atomic mass is 10.00. The average Bonchev–Trinajstić information content (AvgIpc) is 3.63. The fourth-order valence-electron chi connectivity index (χ4n) is 7.49. The van der Waals surface area contributed by atoms with Gasteiger partial charge in [0.25, 0.3) is 0 Å². The van der Waals surface area contributed by atoms with Gasteiger partial charge in [0.15, 0.2) is 5.82 Å². The molecule has 0 radical (unpaired) electrons. The highest BCUT2D eigenvalue weighted by Gasteiger charge is 2.20. The van der Waals surface area contributed by atoms with Crippen LogP contribution < -0.4 is 4.90 Å². The van der Waals surface area contributed by atoms with E-state index in [2.05, 4.69) is 181 Å². The number of anilines is 3. The zero-order valence-electron chi connectivity index (χ0n) is 29.3. The molecule has 0 saturated heterocycles. The molecule has 0 aliphatic heterocycles. The molecule has 4 heteroatoms. The summed E-state index contributed by atoms with van der Waals surface area (Å²) in [5, 5.41) is 4.42. The van der Waals surface area contributed by atoms with Gasteiger partial charge in [-0.1, -0.05) is 146 Å². The summed E-state index contributed by atoms with van der Waals surface area (Å²) >= 11 is 0. The van der Waals surface area contributed by atoms with E-state index in [4.69, 9.17) is 14.4 Å². The van der Waals surface area contributed by atoms with Crippen LogP contribution in [0.15, 0.2) is 205 Å². The lowest BCUT2D eigenvalue weighted by Crippen LogP contribution is -2.10. The highest BCUT2D eigenvalue weighted by Crippen LogP contribution is 2.44. The topological polar surface area (TPSA) is 42.2 Å². The molecular formula is C50H33N3O. The summed E-state index contributed by atoms with van der Waals surface area (Å²) in [6.07, 6.45) is 0. The summed E-state index contributed by atoms with van der Waals surface area (Å²) in [6, 6.07) is 69.6. The van der Waals surface area contributed by atoms with Crippen molar-refractivity contribution in [3.63, 3.8) is 0 Å². The molecule has 254 valence electrons. The molecule has 0 amide bonds. The molecule has 0 aliphatic rings. The first kappa shape index (κ1) is 31.4. The second-order valence-corrected chi connectivity index (χ2v) is 13.4. The van der Waals surface area contributed by atoms with Gasteiger partial charge >= 0.3 is 0 Å². The number of para-hydroxylation sites is 1. The van der Waals surface area contributed by atoms with Gasteiger partial charge in [-0.3, -0.25) is 0 Å². The predicted octanol–water partition coefficient (Wildman–Crippen LogP) is 13.7. The van der Waals surface area contributed by atoms with Crippen LogP contribution in [-0.4, -0.2) is 9.97 Å². The van der Waals surface area contributed by atoms with Crippen molar-refractivity contribution in [1.29, 1.82) is 0 Å². The molecule has 0 unspecified atom stereocenters. The Labute approximate surface area is 313 Å². The van der Waals surface area contributed by atoms with Gasteiger partial charge in [-0.15, -0.1) is 0 Å². The molecule has 0 atom stereocenters. The van der Waals surface area contributed by atoms with Crippen molar-refractivity contribution in [2.75, 3.05) is 4.90 Å². The Morgan fingerprint density at radius 1 is 0.389 bits per heavy atom. The molecule has 54 heavy (non-hydrogen) atoms. The summed E-state index contributed by atoms with van der Waals surface area (Å²) in [5.74, 6) is 0.680. The van der Waals surface area contributed by atoms with E-state index in [9.17, 15) is 0 Å². The minimum absolute atomic E-state index is 0.680. The van der Waals surface area contributed by atoms with Crippen molar-refractivity contribution in [3.8, 4) is 45.0 Å². The Hall–Kier alpha value is -7.30. The van der Waals surface area contributed by atoms with Crippen LogP contribution in [-0.2, 0) is 0 Å². The van der Waals surface area contributed by atoms with Gasteiger partial charge in [0, 0.05) is 33.5 Å². The molecule has 0 fully saturated rings. The molecule has 0 aliphatic carbocycles. The van der Waals surface area contributed by atoms with Gasteiger partial charge in [-0.05, 0) is 76.5 Å². The number of fused-ring (bicyclic) bond motifs is 4. The van der Waals surface area contributed by atoms with Crippen LogP contribution in [0.1, 0.15) is 0 Å². The molecule has 2 aromatic heterocycles. The first-order valence-electron chi connectivity index (χ1n) is 18.2. The van der Waals surface area contributed by atoms with Crippen LogP contribution in [0.2, 0.25) is 0 Å². The lowest BCUT2D eigenvalue weighted by molar-refractivity contribution is 0.669. The third kappa shape index (κ3) is 5.67. The molecule has 0 N–H and O–H groups in total. The number of benzene rings is 8. The fraction of sp³-hybridized carbons (Fsp3) is 0. The molecule has 0 saturated carbocycles. The van der Waals surface area contributed by atoms with E-state index in [1.807, 2.05) is 24.3 Å². The van der Waals surface area contributed by atoms with Crippen LogP contribution in [0, 0.1) is 0 Å². The molecule has 0 bridgehead atoms. The SMILES string of the molecule is c1ccc(-c2ccc(N(c3ccccc3)c3cccc4oc5cc(-c6cc(-c7cccc8ccccc78)nc(-c7ccccc7)n6)ccc5c34)cc2)cc1.